The molecule has 6 aliphatic rings. The third-order valence-corrected chi connectivity index (χ3v) is 11.2. The molecule has 0 radical (unpaired) electrons. The molecule has 7 nitrogen and oxygen atoms in total. The number of hydrogen-bond donors (Lipinski definition) is 1. The highest BCUT2D eigenvalue weighted by Gasteiger charge is 2.76. The van der Waals surface area contributed by atoms with Crippen LogP contribution in [0.1, 0.15) is 106 Å². The Bertz CT molecular complexity index is 1560. The van der Waals surface area contributed by atoms with Crippen molar-refractivity contribution in [3.8, 4) is 0 Å². The van der Waals surface area contributed by atoms with Crippen molar-refractivity contribution in [3.05, 3.63) is 23.8 Å². The predicted octanol–water partition coefficient (Wildman–Crippen LogP) is 5.34. The second kappa shape index (κ2) is 10.4. The molecule has 12 atom stereocenters. The molecule has 226 valence electrons. The Morgan fingerprint density at radius 2 is 2.05 bits per heavy atom. The first-order chi connectivity index (χ1) is 23.2. The summed E-state index contributed by atoms with van der Waals surface area (Å²) < 4.78 is 106. The van der Waals surface area contributed by atoms with E-state index in [0.29, 0.717) is 19.3 Å². The van der Waals surface area contributed by atoms with Crippen molar-refractivity contribution in [2.45, 2.75) is 116 Å². The lowest BCUT2D eigenvalue weighted by Gasteiger charge is -2.59. The summed E-state index contributed by atoms with van der Waals surface area (Å²) in [6, 6.07) is 0. The summed E-state index contributed by atoms with van der Waals surface area (Å²) in [6.45, 7) is 7.13. The van der Waals surface area contributed by atoms with Crippen LogP contribution in [0.5, 0.6) is 0 Å². The second-order valence-electron chi connectivity index (χ2n) is 13.1. The molecule has 1 saturated heterocycles. The first kappa shape index (κ1) is 19.4. The van der Waals surface area contributed by atoms with Gasteiger partial charge in [-0.3, -0.25) is 14.4 Å². The SMILES string of the molecule is [2H]C1([2H])C([2H])([2H])C([2H])([2H])C([2H])([C@@H]2O[C@@H]3C[C@H]4[C@@H]5CCC6=CC(=O)C=C[C@]6(C)[C@H]5[C@@H](O)C[C@]4(C)[C@]3(C(=O)COC(=O)C(C)CC)O2)C([2H])(C)C1([2H])[2H]. The topological polar surface area (TPSA) is 99.1 Å². The van der Waals surface area contributed by atoms with Gasteiger partial charge < -0.3 is 19.3 Å². The van der Waals surface area contributed by atoms with Crippen LogP contribution in [0, 0.1) is 46.3 Å². The maximum Gasteiger partial charge on any atom is 0.309 e. The minimum atomic E-state index is -3.68. The predicted molar refractivity (Wildman–Crippen MR) is 152 cm³/mol. The highest BCUT2D eigenvalue weighted by atomic mass is 16.7. The average Bonchev–Trinajstić information content (AvgIpc) is 3.54. The van der Waals surface area contributed by atoms with Crippen LogP contribution in [0.4, 0.5) is 0 Å². The van der Waals surface area contributed by atoms with Gasteiger partial charge in [-0.15, -0.1) is 0 Å². The summed E-state index contributed by atoms with van der Waals surface area (Å²) >= 11 is 0. The summed E-state index contributed by atoms with van der Waals surface area (Å²) in [6.07, 6.45) is -12.4. The number of aliphatic hydroxyl groups is 1. The lowest BCUT2D eigenvalue weighted by molar-refractivity contribution is -0.213. The Morgan fingerprint density at radius 3 is 2.80 bits per heavy atom. The van der Waals surface area contributed by atoms with Crippen molar-refractivity contribution in [1.82, 2.24) is 0 Å². The summed E-state index contributed by atoms with van der Waals surface area (Å²) in [5.41, 5.74) is -3.17. The highest BCUT2D eigenvalue weighted by molar-refractivity contribution is 6.01. The third-order valence-electron chi connectivity index (χ3n) is 11.2. The van der Waals surface area contributed by atoms with Crippen LogP contribution >= 0.6 is 0 Å². The van der Waals surface area contributed by atoms with Gasteiger partial charge in [-0.05, 0) is 68.4 Å². The van der Waals surface area contributed by atoms with Crippen LogP contribution in [-0.2, 0) is 28.6 Å². The second-order valence-corrected chi connectivity index (χ2v) is 13.1. The Labute approximate surface area is 258 Å². The van der Waals surface area contributed by atoms with Crippen molar-refractivity contribution in [3.63, 3.8) is 0 Å². The molecule has 0 aromatic heterocycles. The molecule has 7 heteroatoms. The number of ketones is 2. The molecule has 1 N–H and O–H groups in total. The van der Waals surface area contributed by atoms with Crippen LogP contribution in [-0.4, -0.2) is 53.3 Å². The fourth-order valence-corrected chi connectivity index (χ4v) is 8.87. The van der Waals surface area contributed by atoms with E-state index >= 15 is 0 Å². The largest absolute Gasteiger partial charge is 0.457 e. The van der Waals surface area contributed by atoms with E-state index in [-0.39, 0.29) is 36.4 Å². The number of Topliss-reactive ketones (excluding diaryl/α,β-unsaturated/α-hetero) is 1. The molecule has 6 rings (SSSR count). The smallest absolute Gasteiger partial charge is 0.309 e. The maximum absolute atomic E-state index is 14.7. The molecule has 1 aliphatic heterocycles. The Kier molecular flexibility index (Phi) is 4.94. The van der Waals surface area contributed by atoms with E-state index in [1.807, 2.05) is 13.0 Å². The normalized spacial score (nSPS) is 59.6. The highest BCUT2D eigenvalue weighted by Crippen LogP contribution is 2.70. The zero-order chi connectivity index (χ0) is 38.3. The monoisotopic (exact) mass is 578 g/mol. The average molecular weight is 579 g/mol. The zero-order valence-corrected chi connectivity index (χ0v) is 24.4. The first-order valence-electron chi connectivity index (χ1n) is 19.8. The number of fused-ring (bicyclic) bond motifs is 7. The lowest BCUT2D eigenvalue weighted by atomic mass is 9.46. The molecular weight excluding hydrogens is 520 g/mol. The minimum absolute atomic E-state index is 0.0542. The number of carbonyl (C=O) groups is 3. The molecule has 41 heavy (non-hydrogen) atoms. The van der Waals surface area contributed by atoms with Crippen molar-refractivity contribution in [2.75, 3.05) is 6.61 Å². The van der Waals surface area contributed by atoms with Crippen LogP contribution < -0.4 is 0 Å². The van der Waals surface area contributed by atoms with Crippen molar-refractivity contribution in [1.29, 1.82) is 0 Å². The van der Waals surface area contributed by atoms with E-state index < -0.39 is 96.5 Å². The maximum atomic E-state index is 14.7. The van der Waals surface area contributed by atoms with Gasteiger partial charge >= 0.3 is 5.97 Å². The van der Waals surface area contributed by atoms with Crippen LogP contribution in [0.3, 0.4) is 0 Å². The summed E-state index contributed by atoms with van der Waals surface area (Å²) in [5.74, 6) is -9.45. The van der Waals surface area contributed by atoms with Gasteiger partial charge in [0.15, 0.2) is 24.3 Å². The molecule has 5 aliphatic carbocycles. The Hall–Kier alpha value is -1.83. The van der Waals surface area contributed by atoms with Crippen molar-refractivity contribution in [2.24, 2.45) is 46.3 Å². The van der Waals surface area contributed by atoms with Crippen LogP contribution in [0.25, 0.3) is 0 Å². The van der Waals surface area contributed by atoms with Crippen LogP contribution in [0.2, 0.25) is 0 Å². The first-order valence-corrected chi connectivity index (χ1v) is 14.8. The molecule has 5 fully saturated rings. The Balaban J connectivity index is 1.47. The number of allylic oxidation sites excluding steroid dienone is 4. The summed E-state index contributed by atoms with van der Waals surface area (Å²) in [5, 5.41) is 12.0. The van der Waals surface area contributed by atoms with Gasteiger partial charge in [0.25, 0.3) is 0 Å². The van der Waals surface area contributed by atoms with Gasteiger partial charge in [0.1, 0.15) is 0 Å². The molecule has 3 unspecified atom stereocenters. The van der Waals surface area contributed by atoms with E-state index in [2.05, 4.69) is 0 Å². The van der Waals surface area contributed by atoms with E-state index in [1.165, 1.54) is 6.08 Å². The van der Waals surface area contributed by atoms with Crippen molar-refractivity contribution < 1.29 is 47.4 Å². The van der Waals surface area contributed by atoms with E-state index in [9.17, 15) is 20.9 Å². The van der Waals surface area contributed by atoms with Gasteiger partial charge in [0.2, 0.25) is 5.78 Å². The van der Waals surface area contributed by atoms with Gasteiger partial charge in [-0.25, -0.2) is 0 Å². The number of hydrogen-bond acceptors (Lipinski definition) is 7. The molecule has 0 aromatic carbocycles. The number of rotatable bonds is 6. The fraction of sp³-hybridized carbons (Fsp3) is 0.794. The van der Waals surface area contributed by atoms with Gasteiger partial charge in [0, 0.05) is 36.3 Å². The van der Waals surface area contributed by atoms with Gasteiger partial charge in [0.05, 0.1) is 18.1 Å². The molecule has 0 spiro atoms. The molecule has 0 aromatic rings. The van der Waals surface area contributed by atoms with Crippen LogP contribution in [0.15, 0.2) is 23.8 Å². The minimum Gasteiger partial charge on any atom is -0.457 e. The molecule has 4 saturated carbocycles. The third kappa shape index (κ3) is 4.27. The quantitative estimate of drug-likeness (QED) is 0.425. The van der Waals surface area contributed by atoms with E-state index in [1.54, 1.807) is 26.8 Å². The number of esters is 1. The number of carbonyl (C=O) groups excluding carboxylic acids is 3. The molecule has 1 heterocycles. The standard InChI is InChI=1S/C34H48O7/c1-6-19(2)30(38)39-18-27(37)34-28(40-31(41-34)23-10-8-7-9-20(23)3)16-25-24-12-11-21-15-22(35)13-14-32(21,4)29(24)26(36)17-33(25,34)5/h13-15,19-20,23-26,28-29,31,36H,6-12,16-18H2,1-5H3/t19?,20?,23?,24-,25-,26-,28+,29+,31+,32-,33-,34+/m0/s1/i7D2,8D2,9D2,10D2,20D,23D. The van der Waals surface area contributed by atoms with Gasteiger partial charge in [-0.1, -0.05) is 65.4 Å². The van der Waals surface area contributed by atoms with Crippen molar-refractivity contribution >= 4 is 17.5 Å². The molecule has 0 amide bonds. The van der Waals surface area contributed by atoms with Gasteiger partial charge in [-0.2, -0.15) is 0 Å². The fourth-order valence-electron chi connectivity index (χ4n) is 8.87. The van der Waals surface area contributed by atoms with E-state index in [4.69, 9.17) is 26.5 Å². The zero-order valence-electron chi connectivity index (χ0n) is 34.4. The lowest BCUT2D eigenvalue weighted by Crippen LogP contribution is -2.64. The Morgan fingerprint density at radius 1 is 1.29 bits per heavy atom. The number of aliphatic hydroxyl groups excluding tert-OH is 1. The summed E-state index contributed by atoms with van der Waals surface area (Å²) in [7, 11) is 0. The molecular formula is C34H48O7. The summed E-state index contributed by atoms with van der Waals surface area (Å²) in [4.78, 5) is 39.8. The number of ether oxygens (including phenoxy) is 3. The van der Waals surface area contributed by atoms with E-state index in [0.717, 1.165) is 12.5 Å². The molecule has 0 bridgehead atoms.